The monoisotopic (exact) mass is 449 g/mol. The predicted molar refractivity (Wildman–Crippen MR) is 104 cm³/mol. The topological polar surface area (TPSA) is 120 Å². The largest absolute Gasteiger partial charge is 0.480 e. The first-order valence-electron chi connectivity index (χ1n) is 8.47. The lowest BCUT2D eigenvalue weighted by atomic mass is 10.3. The van der Waals surface area contributed by atoms with E-state index < -0.39 is 11.9 Å². The van der Waals surface area contributed by atoms with Gasteiger partial charge >= 0.3 is 5.97 Å². The van der Waals surface area contributed by atoms with Gasteiger partial charge in [-0.2, -0.15) is 15.3 Å². The molecule has 0 spiro atoms. The van der Waals surface area contributed by atoms with Gasteiger partial charge in [-0.15, -0.1) is 0 Å². The van der Waals surface area contributed by atoms with Crippen molar-refractivity contribution in [3.05, 3.63) is 45.2 Å². The Bertz CT molecular complexity index is 1060. The summed E-state index contributed by atoms with van der Waals surface area (Å²) in [6.07, 6.45) is 1.45. The molecule has 0 unspecified atom stereocenters. The van der Waals surface area contributed by atoms with Crippen LogP contribution < -0.4 is 5.32 Å². The van der Waals surface area contributed by atoms with Gasteiger partial charge in [-0.3, -0.25) is 14.3 Å². The molecule has 148 valence electrons. The minimum absolute atomic E-state index is 0.135. The molecule has 0 radical (unpaired) electrons. The van der Waals surface area contributed by atoms with Gasteiger partial charge in [-0.25, -0.2) is 9.36 Å². The predicted octanol–water partition coefficient (Wildman–Crippen LogP) is 2.11. The van der Waals surface area contributed by atoms with Crippen molar-refractivity contribution in [2.45, 2.75) is 40.9 Å². The number of amides is 1. The fourth-order valence-corrected chi connectivity index (χ4v) is 3.13. The number of carboxylic acid groups (broad SMARTS) is 1. The Morgan fingerprint density at radius 3 is 2.32 bits per heavy atom. The Balaban J connectivity index is 1.79. The zero-order valence-electron chi connectivity index (χ0n) is 15.9. The molecule has 0 aliphatic heterocycles. The normalized spacial score (nSPS) is 11.0. The Kier molecular flexibility index (Phi) is 5.36. The lowest BCUT2D eigenvalue weighted by molar-refractivity contribution is -0.137. The van der Waals surface area contributed by atoms with Crippen LogP contribution in [0.4, 0.5) is 5.69 Å². The summed E-state index contributed by atoms with van der Waals surface area (Å²) in [6.45, 7) is 7.66. The van der Waals surface area contributed by atoms with Crippen molar-refractivity contribution in [2.75, 3.05) is 5.32 Å². The van der Waals surface area contributed by atoms with E-state index in [2.05, 4.69) is 36.5 Å². The van der Waals surface area contributed by atoms with E-state index in [1.165, 1.54) is 16.9 Å². The highest BCUT2D eigenvalue weighted by molar-refractivity contribution is 9.10. The summed E-state index contributed by atoms with van der Waals surface area (Å²) in [5, 5.41) is 24.6. The summed E-state index contributed by atoms with van der Waals surface area (Å²) < 4.78 is 5.75. The fraction of sp³-hybridized carbons (Fsp3) is 0.353. The first-order chi connectivity index (χ1) is 13.2. The van der Waals surface area contributed by atoms with Gasteiger partial charge in [0.1, 0.15) is 13.2 Å². The molecular weight excluding hydrogens is 430 g/mol. The number of carboxylic acids is 1. The first-order valence-corrected chi connectivity index (χ1v) is 9.26. The molecule has 0 fully saturated rings. The molecule has 3 heterocycles. The van der Waals surface area contributed by atoms with Gasteiger partial charge in [-0.05, 0) is 49.7 Å². The van der Waals surface area contributed by atoms with Gasteiger partial charge in [0, 0.05) is 6.20 Å². The van der Waals surface area contributed by atoms with Crippen molar-refractivity contribution in [1.82, 2.24) is 29.3 Å². The van der Waals surface area contributed by atoms with E-state index >= 15 is 0 Å². The van der Waals surface area contributed by atoms with E-state index in [1.54, 1.807) is 11.6 Å². The minimum atomic E-state index is -1.03. The number of rotatable bonds is 6. The Morgan fingerprint density at radius 1 is 1.07 bits per heavy atom. The number of carbonyl (C=O) groups is 2. The van der Waals surface area contributed by atoms with E-state index in [0.717, 1.165) is 21.6 Å². The number of hydrogen-bond donors (Lipinski definition) is 2. The maximum absolute atomic E-state index is 12.5. The van der Waals surface area contributed by atoms with Crippen LogP contribution in [0.1, 0.15) is 33.3 Å². The van der Waals surface area contributed by atoms with E-state index in [4.69, 9.17) is 5.11 Å². The molecule has 3 aromatic heterocycles. The maximum Gasteiger partial charge on any atom is 0.325 e. The molecule has 11 heteroatoms. The fourth-order valence-electron chi connectivity index (χ4n) is 2.84. The summed E-state index contributed by atoms with van der Waals surface area (Å²) >= 11 is 3.51. The van der Waals surface area contributed by atoms with Gasteiger partial charge < -0.3 is 10.4 Å². The molecule has 2 N–H and O–H groups in total. The number of anilines is 1. The van der Waals surface area contributed by atoms with E-state index in [9.17, 15) is 9.59 Å². The third-order valence-electron chi connectivity index (χ3n) is 4.35. The van der Waals surface area contributed by atoms with Crippen molar-refractivity contribution < 1.29 is 14.7 Å². The van der Waals surface area contributed by atoms with Crippen molar-refractivity contribution in [2.24, 2.45) is 0 Å². The summed E-state index contributed by atoms with van der Waals surface area (Å²) in [4.78, 5) is 23.2. The second kappa shape index (κ2) is 7.58. The number of carbonyl (C=O) groups excluding carboxylic acids is 1. The summed E-state index contributed by atoms with van der Waals surface area (Å²) in [5.41, 5.74) is 4.05. The molecule has 3 rings (SSSR count). The second-order valence-corrected chi connectivity index (χ2v) is 7.21. The van der Waals surface area contributed by atoms with Gasteiger partial charge in [0.05, 0.1) is 32.9 Å². The summed E-state index contributed by atoms with van der Waals surface area (Å²) in [6, 6.07) is 1.47. The molecule has 0 aromatic carbocycles. The number of nitrogens with zero attached hydrogens (tertiary/aromatic N) is 6. The Hall–Kier alpha value is -2.95. The molecule has 0 atom stereocenters. The van der Waals surface area contributed by atoms with E-state index in [0.29, 0.717) is 18.1 Å². The zero-order chi connectivity index (χ0) is 20.6. The van der Waals surface area contributed by atoms with Crippen LogP contribution in [0.5, 0.6) is 0 Å². The van der Waals surface area contributed by atoms with Crippen LogP contribution in [-0.2, 0) is 18.0 Å². The van der Waals surface area contributed by atoms with E-state index in [-0.39, 0.29) is 12.2 Å². The van der Waals surface area contributed by atoms with Crippen molar-refractivity contribution in [1.29, 1.82) is 0 Å². The van der Waals surface area contributed by atoms with E-state index in [1.807, 2.05) is 25.5 Å². The molecule has 28 heavy (non-hydrogen) atoms. The van der Waals surface area contributed by atoms with Crippen molar-refractivity contribution in [3.63, 3.8) is 0 Å². The van der Waals surface area contributed by atoms with Crippen LogP contribution >= 0.6 is 15.9 Å². The number of halogens is 1. The quantitative estimate of drug-likeness (QED) is 0.594. The molecule has 0 saturated heterocycles. The van der Waals surface area contributed by atoms with Crippen molar-refractivity contribution >= 4 is 33.5 Å². The van der Waals surface area contributed by atoms with Crippen LogP contribution in [0.2, 0.25) is 0 Å². The first kappa shape index (κ1) is 19.8. The van der Waals surface area contributed by atoms with Crippen LogP contribution in [0, 0.1) is 27.7 Å². The lowest BCUT2D eigenvalue weighted by Crippen LogP contribution is -2.16. The molecular formula is C17H20BrN7O3. The maximum atomic E-state index is 12.5. The second-order valence-electron chi connectivity index (χ2n) is 6.42. The minimum Gasteiger partial charge on any atom is -0.480 e. The summed E-state index contributed by atoms with van der Waals surface area (Å²) in [5.74, 6) is -1.46. The van der Waals surface area contributed by atoms with Crippen LogP contribution in [0.3, 0.4) is 0 Å². The third-order valence-corrected chi connectivity index (χ3v) is 5.50. The number of nitrogens with one attached hydrogen (secondary N) is 1. The molecule has 0 aliphatic rings. The molecule has 1 amide bonds. The highest BCUT2D eigenvalue weighted by atomic mass is 79.9. The standard InChI is InChI=1S/C17H20BrN7O3/c1-9-15(18)11(3)24(20-9)8-25-12(4)16(10(2)21-25)19-17(28)13-5-6-23(22-13)7-14(26)27/h5-6H,7-8H2,1-4H3,(H,19,28)(H,26,27). The number of hydrogen-bond acceptors (Lipinski definition) is 5. The van der Waals surface area contributed by atoms with Gasteiger partial charge in [0.2, 0.25) is 0 Å². The Labute approximate surface area is 169 Å². The average molecular weight is 450 g/mol. The molecule has 0 saturated carbocycles. The highest BCUT2D eigenvalue weighted by Crippen LogP contribution is 2.23. The molecule has 0 bridgehead atoms. The zero-order valence-corrected chi connectivity index (χ0v) is 17.5. The molecule has 3 aromatic rings. The molecule has 10 nitrogen and oxygen atoms in total. The number of aliphatic carboxylic acids is 1. The van der Waals surface area contributed by atoms with Gasteiger partial charge in [0.25, 0.3) is 5.91 Å². The van der Waals surface area contributed by atoms with Gasteiger partial charge in [-0.1, -0.05) is 0 Å². The molecule has 0 aliphatic carbocycles. The Morgan fingerprint density at radius 2 is 1.71 bits per heavy atom. The highest BCUT2D eigenvalue weighted by Gasteiger charge is 2.18. The smallest absolute Gasteiger partial charge is 0.325 e. The summed E-state index contributed by atoms with van der Waals surface area (Å²) in [7, 11) is 0. The lowest BCUT2D eigenvalue weighted by Gasteiger charge is -2.08. The van der Waals surface area contributed by atoms with Gasteiger partial charge in [0.15, 0.2) is 5.69 Å². The SMILES string of the molecule is Cc1nn(Cn2nc(C)c(NC(=O)c3ccn(CC(=O)O)n3)c2C)c(C)c1Br. The number of aryl methyl sites for hydroxylation is 2. The third kappa shape index (κ3) is 3.84. The van der Waals surface area contributed by atoms with Crippen LogP contribution in [-0.4, -0.2) is 46.3 Å². The number of aromatic nitrogens is 6. The van der Waals surface area contributed by atoms with Crippen LogP contribution in [0.25, 0.3) is 0 Å². The average Bonchev–Trinajstić information content (AvgIpc) is 3.25. The van der Waals surface area contributed by atoms with Crippen molar-refractivity contribution in [3.8, 4) is 0 Å². The van der Waals surface area contributed by atoms with Crippen LogP contribution in [0.15, 0.2) is 16.7 Å².